The number of aryl methyl sites for hydroxylation is 1. The molecule has 0 aliphatic rings. The number of rotatable bonds is 8. The van der Waals surface area contributed by atoms with Crippen LogP contribution < -0.4 is 5.43 Å². The molecule has 1 aromatic heterocycles. The molecule has 8 heteroatoms. The van der Waals surface area contributed by atoms with Gasteiger partial charge in [0.15, 0.2) is 5.76 Å². The van der Waals surface area contributed by atoms with Crippen LogP contribution in [-0.2, 0) is 15.3 Å². The van der Waals surface area contributed by atoms with E-state index in [1.165, 1.54) is 49.2 Å². The molecule has 166 valence electrons. The number of esters is 1. The topological polar surface area (TPSA) is 114 Å². The normalized spacial score (nSPS) is 11.7. The highest BCUT2D eigenvalue weighted by Gasteiger charge is 2.27. The third-order valence-electron chi connectivity index (χ3n) is 4.88. The SMILES string of the molecule is COC(=O)CC(c1ccc(C(=O)O)cc1)c1oc(CSc2ccc(C)cc2)cc(=O)c1O. The molecule has 0 aliphatic carbocycles. The standard InChI is InChI=1S/C24H22O7S/c1-14-3-9-18(10-4-14)32-13-17-11-20(25)22(27)23(31-17)19(12-21(26)30-2)15-5-7-16(8-6-15)24(28)29/h3-11,19,27H,12-13H2,1-2H3,(H,28,29). The second-order valence-corrected chi connectivity index (χ2v) is 8.20. The lowest BCUT2D eigenvalue weighted by atomic mass is 9.91. The quantitative estimate of drug-likeness (QED) is 0.382. The van der Waals surface area contributed by atoms with E-state index in [1.54, 1.807) is 0 Å². The zero-order chi connectivity index (χ0) is 23.3. The number of carboxylic acid groups (broad SMARTS) is 1. The lowest BCUT2D eigenvalue weighted by Crippen LogP contribution is -2.14. The first-order valence-electron chi connectivity index (χ1n) is 9.74. The average Bonchev–Trinajstić information content (AvgIpc) is 2.79. The van der Waals surface area contributed by atoms with Crippen LogP contribution in [-0.4, -0.2) is 29.3 Å². The van der Waals surface area contributed by atoms with E-state index in [0.29, 0.717) is 17.1 Å². The molecule has 0 bridgehead atoms. The maximum absolute atomic E-state index is 12.4. The van der Waals surface area contributed by atoms with Gasteiger partial charge in [0.2, 0.25) is 11.2 Å². The van der Waals surface area contributed by atoms with Crippen LogP contribution in [0.15, 0.2) is 68.7 Å². The molecule has 2 N–H and O–H groups in total. The fourth-order valence-electron chi connectivity index (χ4n) is 3.12. The maximum Gasteiger partial charge on any atom is 0.335 e. The summed E-state index contributed by atoms with van der Waals surface area (Å²) in [5.41, 5.74) is 1.08. The zero-order valence-electron chi connectivity index (χ0n) is 17.5. The summed E-state index contributed by atoms with van der Waals surface area (Å²) in [6, 6.07) is 14.9. The van der Waals surface area contributed by atoms with Gasteiger partial charge in [0, 0.05) is 11.0 Å². The molecule has 0 fully saturated rings. The Balaban J connectivity index is 1.97. The van der Waals surface area contributed by atoms with Crippen molar-refractivity contribution in [2.75, 3.05) is 7.11 Å². The van der Waals surface area contributed by atoms with Crippen molar-refractivity contribution in [3.05, 3.63) is 93.0 Å². The van der Waals surface area contributed by atoms with Crippen molar-refractivity contribution in [1.82, 2.24) is 0 Å². The van der Waals surface area contributed by atoms with Crippen LogP contribution in [0.2, 0.25) is 0 Å². The van der Waals surface area contributed by atoms with Gasteiger partial charge in [0.05, 0.1) is 30.8 Å². The Kier molecular flexibility index (Phi) is 7.37. The Morgan fingerprint density at radius 1 is 1.09 bits per heavy atom. The fraction of sp³-hybridized carbons (Fsp3) is 0.208. The highest BCUT2D eigenvalue weighted by molar-refractivity contribution is 7.98. The van der Waals surface area contributed by atoms with Gasteiger partial charge < -0.3 is 19.4 Å². The molecular formula is C24H22O7S. The summed E-state index contributed by atoms with van der Waals surface area (Å²) in [7, 11) is 1.23. The highest BCUT2D eigenvalue weighted by atomic mass is 32.2. The molecule has 0 aliphatic heterocycles. The van der Waals surface area contributed by atoms with Crippen LogP contribution in [0.5, 0.6) is 5.75 Å². The first-order valence-corrected chi connectivity index (χ1v) is 10.7. The monoisotopic (exact) mass is 454 g/mol. The molecular weight excluding hydrogens is 432 g/mol. The average molecular weight is 455 g/mol. The Morgan fingerprint density at radius 2 is 1.75 bits per heavy atom. The van der Waals surface area contributed by atoms with Crippen molar-refractivity contribution in [1.29, 1.82) is 0 Å². The third-order valence-corrected chi connectivity index (χ3v) is 5.91. The molecule has 3 aromatic rings. The summed E-state index contributed by atoms with van der Waals surface area (Å²) >= 11 is 1.47. The van der Waals surface area contributed by atoms with Crippen LogP contribution >= 0.6 is 11.8 Å². The minimum absolute atomic E-state index is 0.0644. The minimum atomic E-state index is -1.09. The van der Waals surface area contributed by atoms with Crippen LogP contribution in [0.1, 0.15) is 45.3 Å². The van der Waals surface area contributed by atoms with E-state index in [-0.39, 0.29) is 17.7 Å². The van der Waals surface area contributed by atoms with Crippen LogP contribution in [0.4, 0.5) is 0 Å². The van der Waals surface area contributed by atoms with Crippen LogP contribution in [0.3, 0.4) is 0 Å². The smallest absolute Gasteiger partial charge is 0.335 e. The number of benzene rings is 2. The maximum atomic E-state index is 12.4. The Labute approximate surface area is 188 Å². The van der Waals surface area contributed by atoms with Gasteiger partial charge in [-0.25, -0.2) is 4.79 Å². The van der Waals surface area contributed by atoms with Gasteiger partial charge in [-0.3, -0.25) is 9.59 Å². The van der Waals surface area contributed by atoms with Crippen molar-refractivity contribution in [2.24, 2.45) is 0 Å². The Bertz CT molecular complexity index is 1160. The van der Waals surface area contributed by atoms with Gasteiger partial charge in [-0.05, 0) is 36.8 Å². The highest BCUT2D eigenvalue weighted by Crippen LogP contribution is 2.34. The molecule has 0 spiro atoms. The molecule has 7 nitrogen and oxygen atoms in total. The number of methoxy groups -OCH3 is 1. The summed E-state index contributed by atoms with van der Waals surface area (Å²) in [6.07, 6.45) is -0.200. The molecule has 0 amide bonds. The molecule has 0 saturated carbocycles. The summed E-state index contributed by atoms with van der Waals surface area (Å²) in [5, 5.41) is 19.6. The number of thioether (sulfide) groups is 1. The summed E-state index contributed by atoms with van der Waals surface area (Å²) in [5.74, 6) is -2.47. The van der Waals surface area contributed by atoms with Crippen molar-refractivity contribution < 1.29 is 29.0 Å². The zero-order valence-corrected chi connectivity index (χ0v) is 18.3. The number of aromatic carboxylic acids is 1. The third kappa shape index (κ3) is 5.59. The summed E-state index contributed by atoms with van der Waals surface area (Å²) in [4.78, 5) is 36.6. The van der Waals surface area contributed by atoms with E-state index in [9.17, 15) is 19.5 Å². The largest absolute Gasteiger partial charge is 0.502 e. The molecule has 1 heterocycles. The van der Waals surface area contributed by atoms with Gasteiger partial charge in [-0.15, -0.1) is 11.8 Å². The van der Waals surface area contributed by atoms with Gasteiger partial charge in [-0.1, -0.05) is 29.8 Å². The Morgan fingerprint density at radius 3 is 2.34 bits per heavy atom. The van der Waals surface area contributed by atoms with Gasteiger partial charge in [0.1, 0.15) is 5.76 Å². The van der Waals surface area contributed by atoms with E-state index >= 15 is 0 Å². The fourth-order valence-corrected chi connectivity index (χ4v) is 3.90. The van der Waals surface area contributed by atoms with E-state index in [0.717, 1.165) is 10.5 Å². The lowest BCUT2D eigenvalue weighted by Gasteiger charge is -2.17. The number of carboxylic acids is 1. The van der Waals surface area contributed by atoms with E-state index in [2.05, 4.69) is 0 Å². The van der Waals surface area contributed by atoms with E-state index in [1.807, 2.05) is 31.2 Å². The molecule has 1 atom stereocenters. The van der Waals surface area contributed by atoms with Gasteiger partial charge in [0.25, 0.3) is 0 Å². The second-order valence-electron chi connectivity index (χ2n) is 7.15. The number of aromatic hydroxyl groups is 1. The molecule has 2 aromatic carbocycles. The summed E-state index contributed by atoms with van der Waals surface area (Å²) in [6.45, 7) is 1.99. The number of carbonyl (C=O) groups is 2. The van der Waals surface area contributed by atoms with Crippen molar-refractivity contribution in [2.45, 2.75) is 29.9 Å². The number of carbonyl (C=O) groups excluding carboxylic acids is 1. The predicted octanol–water partition coefficient (Wildman–Crippen LogP) is 4.34. The van der Waals surface area contributed by atoms with Crippen LogP contribution in [0.25, 0.3) is 0 Å². The van der Waals surface area contributed by atoms with Gasteiger partial charge >= 0.3 is 11.9 Å². The molecule has 0 saturated heterocycles. The first kappa shape index (κ1) is 23.1. The Hall–Kier alpha value is -3.52. The number of ether oxygens (including phenoxy) is 1. The first-order chi connectivity index (χ1) is 15.3. The van der Waals surface area contributed by atoms with E-state index < -0.39 is 29.0 Å². The molecule has 1 unspecified atom stereocenters. The van der Waals surface area contributed by atoms with Gasteiger partial charge in [-0.2, -0.15) is 0 Å². The number of hydrogen-bond acceptors (Lipinski definition) is 7. The van der Waals surface area contributed by atoms with Crippen molar-refractivity contribution >= 4 is 23.7 Å². The molecule has 32 heavy (non-hydrogen) atoms. The minimum Gasteiger partial charge on any atom is -0.502 e. The number of hydrogen-bond donors (Lipinski definition) is 2. The molecule has 0 radical (unpaired) electrons. The summed E-state index contributed by atoms with van der Waals surface area (Å²) < 4.78 is 10.6. The molecule has 3 rings (SSSR count). The van der Waals surface area contributed by atoms with Crippen molar-refractivity contribution in [3.8, 4) is 5.75 Å². The van der Waals surface area contributed by atoms with E-state index in [4.69, 9.17) is 14.3 Å². The van der Waals surface area contributed by atoms with Crippen molar-refractivity contribution in [3.63, 3.8) is 0 Å². The second kappa shape index (κ2) is 10.2. The predicted molar refractivity (Wildman–Crippen MR) is 119 cm³/mol. The lowest BCUT2D eigenvalue weighted by molar-refractivity contribution is -0.140. The van der Waals surface area contributed by atoms with Crippen LogP contribution in [0, 0.1) is 6.92 Å².